The van der Waals surface area contributed by atoms with E-state index in [9.17, 15) is 9.90 Å². The van der Waals surface area contributed by atoms with Gasteiger partial charge in [-0.25, -0.2) is 0 Å². The summed E-state index contributed by atoms with van der Waals surface area (Å²) >= 11 is 0. The number of fused-ring (bicyclic) bond motifs is 1. The van der Waals surface area contributed by atoms with E-state index in [0.29, 0.717) is 12.1 Å². The van der Waals surface area contributed by atoms with Crippen molar-refractivity contribution < 1.29 is 9.90 Å². The zero-order valence-corrected chi connectivity index (χ0v) is 11.3. The average molecular weight is 278 g/mol. The van der Waals surface area contributed by atoms with E-state index in [1.54, 1.807) is 30.5 Å². The van der Waals surface area contributed by atoms with Gasteiger partial charge in [0.2, 0.25) is 0 Å². The molecule has 21 heavy (non-hydrogen) atoms. The van der Waals surface area contributed by atoms with Crippen molar-refractivity contribution in [2.75, 3.05) is 0 Å². The van der Waals surface area contributed by atoms with Crippen LogP contribution in [0.4, 0.5) is 0 Å². The number of hydrogen-bond donors (Lipinski definition) is 2. The Balaban J connectivity index is 1.81. The predicted molar refractivity (Wildman–Crippen MR) is 81.0 cm³/mol. The molecular weight excluding hydrogens is 264 g/mol. The van der Waals surface area contributed by atoms with Gasteiger partial charge in [0, 0.05) is 23.7 Å². The van der Waals surface area contributed by atoms with Crippen LogP contribution >= 0.6 is 0 Å². The van der Waals surface area contributed by atoms with Crippen LogP contribution < -0.4 is 5.32 Å². The summed E-state index contributed by atoms with van der Waals surface area (Å²) in [6.45, 7) is 0.365. The number of benzene rings is 2. The molecule has 0 atom stereocenters. The van der Waals surface area contributed by atoms with Crippen molar-refractivity contribution in [1.29, 1.82) is 0 Å². The van der Waals surface area contributed by atoms with Gasteiger partial charge in [-0.15, -0.1) is 0 Å². The van der Waals surface area contributed by atoms with Gasteiger partial charge in [-0.2, -0.15) is 0 Å². The molecule has 3 rings (SSSR count). The third-order valence-electron chi connectivity index (χ3n) is 3.25. The number of pyridine rings is 1. The third-order valence-corrected chi connectivity index (χ3v) is 3.25. The minimum Gasteiger partial charge on any atom is -0.508 e. The van der Waals surface area contributed by atoms with Crippen molar-refractivity contribution in [2.45, 2.75) is 6.54 Å². The molecule has 2 aromatic carbocycles. The van der Waals surface area contributed by atoms with Crippen molar-refractivity contribution in [3.8, 4) is 5.75 Å². The number of amides is 1. The van der Waals surface area contributed by atoms with Gasteiger partial charge in [-0.1, -0.05) is 24.3 Å². The maximum Gasteiger partial charge on any atom is 0.252 e. The summed E-state index contributed by atoms with van der Waals surface area (Å²) in [6.07, 6.45) is 1.71. The van der Waals surface area contributed by atoms with Gasteiger partial charge in [-0.3, -0.25) is 9.78 Å². The second-order valence-electron chi connectivity index (χ2n) is 4.73. The van der Waals surface area contributed by atoms with E-state index in [-0.39, 0.29) is 11.7 Å². The molecule has 0 radical (unpaired) electrons. The SMILES string of the molecule is O=C(NCc1cccc(O)c1)c1cccc2ncccc12. The minimum atomic E-state index is -0.156. The fourth-order valence-electron chi connectivity index (χ4n) is 2.25. The van der Waals surface area contributed by atoms with Crippen LogP contribution in [0.25, 0.3) is 10.9 Å². The standard InChI is InChI=1S/C17H14N2O2/c20-13-5-1-4-12(10-13)11-19-17(21)15-6-2-8-16-14(15)7-3-9-18-16/h1-10,20H,11H2,(H,19,21). The first-order valence-electron chi connectivity index (χ1n) is 6.64. The fourth-order valence-corrected chi connectivity index (χ4v) is 2.25. The zero-order chi connectivity index (χ0) is 14.7. The Hall–Kier alpha value is -2.88. The van der Waals surface area contributed by atoms with Crippen molar-refractivity contribution in [2.24, 2.45) is 0 Å². The molecule has 2 N–H and O–H groups in total. The molecule has 1 heterocycles. The van der Waals surface area contributed by atoms with Gasteiger partial charge in [-0.05, 0) is 35.9 Å². The van der Waals surface area contributed by atoms with Crippen LogP contribution in [0.15, 0.2) is 60.8 Å². The highest BCUT2D eigenvalue weighted by Crippen LogP contribution is 2.16. The molecule has 1 amide bonds. The number of rotatable bonds is 3. The monoisotopic (exact) mass is 278 g/mol. The smallest absolute Gasteiger partial charge is 0.252 e. The number of phenolic OH excluding ortho intramolecular Hbond substituents is 1. The van der Waals surface area contributed by atoms with Crippen molar-refractivity contribution in [3.63, 3.8) is 0 Å². The molecular formula is C17H14N2O2. The van der Waals surface area contributed by atoms with Crippen LogP contribution in [-0.2, 0) is 6.54 Å². The average Bonchev–Trinajstić information content (AvgIpc) is 2.52. The molecule has 0 saturated heterocycles. The second-order valence-corrected chi connectivity index (χ2v) is 4.73. The minimum absolute atomic E-state index is 0.156. The lowest BCUT2D eigenvalue weighted by Gasteiger charge is -2.08. The molecule has 0 aliphatic rings. The molecule has 104 valence electrons. The van der Waals surface area contributed by atoms with Gasteiger partial charge in [0.25, 0.3) is 5.91 Å². The molecule has 0 spiro atoms. The van der Waals surface area contributed by atoms with E-state index in [4.69, 9.17) is 0 Å². The van der Waals surface area contributed by atoms with Gasteiger partial charge in [0.05, 0.1) is 5.52 Å². The van der Waals surface area contributed by atoms with E-state index in [1.807, 2.05) is 30.3 Å². The van der Waals surface area contributed by atoms with E-state index in [1.165, 1.54) is 0 Å². The first kappa shape index (κ1) is 13.1. The van der Waals surface area contributed by atoms with E-state index in [0.717, 1.165) is 16.5 Å². The first-order chi connectivity index (χ1) is 10.2. The summed E-state index contributed by atoms with van der Waals surface area (Å²) in [7, 11) is 0. The second kappa shape index (κ2) is 5.63. The zero-order valence-electron chi connectivity index (χ0n) is 11.3. The maximum atomic E-state index is 12.3. The largest absolute Gasteiger partial charge is 0.508 e. The molecule has 0 saturated carbocycles. The molecule has 4 nitrogen and oxygen atoms in total. The lowest BCUT2D eigenvalue weighted by Crippen LogP contribution is -2.23. The van der Waals surface area contributed by atoms with Gasteiger partial charge in [0.1, 0.15) is 5.75 Å². The van der Waals surface area contributed by atoms with Crippen molar-refractivity contribution in [3.05, 3.63) is 71.9 Å². The van der Waals surface area contributed by atoms with Crippen LogP contribution in [0.5, 0.6) is 5.75 Å². The first-order valence-corrected chi connectivity index (χ1v) is 6.64. The summed E-state index contributed by atoms with van der Waals surface area (Å²) in [4.78, 5) is 16.6. The Morgan fingerprint density at radius 3 is 2.81 bits per heavy atom. The van der Waals surface area contributed by atoms with Crippen LogP contribution in [0, 0.1) is 0 Å². The molecule has 0 unspecified atom stereocenters. The van der Waals surface area contributed by atoms with Crippen molar-refractivity contribution >= 4 is 16.8 Å². The molecule has 4 heteroatoms. The molecule has 0 fully saturated rings. The lowest BCUT2D eigenvalue weighted by molar-refractivity contribution is 0.0952. The highest BCUT2D eigenvalue weighted by atomic mass is 16.3. The van der Waals surface area contributed by atoms with E-state index in [2.05, 4.69) is 10.3 Å². The van der Waals surface area contributed by atoms with Crippen molar-refractivity contribution in [1.82, 2.24) is 10.3 Å². The Kier molecular flexibility index (Phi) is 3.51. The normalized spacial score (nSPS) is 10.5. The highest BCUT2D eigenvalue weighted by molar-refractivity contribution is 6.06. The molecule has 0 aliphatic carbocycles. The van der Waals surface area contributed by atoms with Gasteiger partial charge in [0.15, 0.2) is 0 Å². The Bertz CT molecular complexity index is 794. The maximum absolute atomic E-state index is 12.3. The van der Waals surface area contributed by atoms with Gasteiger partial charge < -0.3 is 10.4 Å². The summed E-state index contributed by atoms with van der Waals surface area (Å²) in [5.74, 6) is 0.0352. The lowest BCUT2D eigenvalue weighted by atomic mass is 10.1. The molecule has 1 aromatic heterocycles. The number of hydrogen-bond acceptors (Lipinski definition) is 3. The quantitative estimate of drug-likeness (QED) is 0.774. The molecule has 0 bridgehead atoms. The number of aromatic nitrogens is 1. The fraction of sp³-hybridized carbons (Fsp3) is 0.0588. The number of carbonyl (C=O) groups excluding carboxylic acids is 1. The number of nitrogens with one attached hydrogen (secondary N) is 1. The summed E-state index contributed by atoms with van der Waals surface area (Å²) < 4.78 is 0. The van der Waals surface area contributed by atoms with Crippen LogP contribution in [-0.4, -0.2) is 16.0 Å². The Labute approximate surface area is 122 Å². The van der Waals surface area contributed by atoms with E-state index < -0.39 is 0 Å². The topological polar surface area (TPSA) is 62.2 Å². The number of nitrogens with zero attached hydrogens (tertiary/aromatic N) is 1. The summed E-state index contributed by atoms with van der Waals surface area (Å²) in [6, 6.07) is 16.0. The summed E-state index contributed by atoms with van der Waals surface area (Å²) in [5, 5.41) is 13.1. The predicted octanol–water partition coefficient (Wildman–Crippen LogP) is 2.87. The number of aromatic hydroxyl groups is 1. The summed E-state index contributed by atoms with van der Waals surface area (Å²) in [5.41, 5.74) is 2.24. The third kappa shape index (κ3) is 2.84. The van der Waals surface area contributed by atoms with E-state index >= 15 is 0 Å². The highest BCUT2D eigenvalue weighted by Gasteiger charge is 2.09. The molecule has 0 aliphatic heterocycles. The van der Waals surface area contributed by atoms with Crippen LogP contribution in [0.3, 0.4) is 0 Å². The van der Waals surface area contributed by atoms with Gasteiger partial charge >= 0.3 is 0 Å². The number of phenols is 1. The number of carbonyl (C=O) groups is 1. The van der Waals surface area contributed by atoms with Crippen LogP contribution in [0.1, 0.15) is 15.9 Å². The Morgan fingerprint density at radius 2 is 1.95 bits per heavy atom. The Morgan fingerprint density at radius 1 is 1.10 bits per heavy atom. The van der Waals surface area contributed by atoms with Crippen LogP contribution in [0.2, 0.25) is 0 Å². The molecule has 3 aromatic rings.